The van der Waals surface area contributed by atoms with E-state index < -0.39 is 23.1 Å². The quantitative estimate of drug-likeness (QED) is 0.630. The lowest BCUT2D eigenvalue weighted by Gasteiger charge is -2.41. The Kier molecular flexibility index (Phi) is 4.11. The SMILES string of the molecule is CC1(O)CC(Nc2nnc(-c3ncc(C(F)(F)F)cc3O)c3ncccc23)C1. The number of alkyl halides is 3. The van der Waals surface area contributed by atoms with E-state index in [2.05, 4.69) is 25.5 Å². The molecular weight excluding hydrogens is 375 g/mol. The van der Waals surface area contributed by atoms with Crippen LogP contribution in [0.5, 0.6) is 5.75 Å². The molecule has 0 bridgehead atoms. The number of hydrogen-bond acceptors (Lipinski definition) is 7. The van der Waals surface area contributed by atoms with E-state index in [0.29, 0.717) is 41.8 Å². The molecule has 0 spiro atoms. The van der Waals surface area contributed by atoms with Gasteiger partial charge in [0.05, 0.1) is 11.2 Å². The van der Waals surface area contributed by atoms with E-state index in [-0.39, 0.29) is 17.4 Å². The van der Waals surface area contributed by atoms with Crippen molar-refractivity contribution >= 4 is 16.7 Å². The molecule has 146 valence electrons. The minimum Gasteiger partial charge on any atom is -0.506 e. The first kappa shape index (κ1) is 18.4. The minimum absolute atomic E-state index is 0.0242. The van der Waals surface area contributed by atoms with Crippen LogP contribution in [0.4, 0.5) is 19.0 Å². The van der Waals surface area contributed by atoms with Crippen molar-refractivity contribution in [1.82, 2.24) is 20.2 Å². The molecule has 1 aliphatic carbocycles. The topological polar surface area (TPSA) is 104 Å². The molecule has 7 nitrogen and oxygen atoms in total. The van der Waals surface area contributed by atoms with Gasteiger partial charge >= 0.3 is 6.18 Å². The van der Waals surface area contributed by atoms with E-state index >= 15 is 0 Å². The molecule has 1 saturated carbocycles. The normalized spacial score (nSPS) is 22.1. The number of fused-ring (bicyclic) bond motifs is 1. The van der Waals surface area contributed by atoms with Crippen LogP contribution in [0, 0.1) is 0 Å². The largest absolute Gasteiger partial charge is 0.506 e. The van der Waals surface area contributed by atoms with Crippen LogP contribution in [0.3, 0.4) is 0 Å². The molecule has 3 N–H and O–H groups in total. The Labute approximate surface area is 157 Å². The Morgan fingerprint density at radius 3 is 2.57 bits per heavy atom. The van der Waals surface area contributed by atoms with Gasteiger partial charge in [0.2, 0.25) is 0 Å². The number of nitrogens with one attached hydrogen (secondary N) is 1. The van der Waals surface area contributed by atoms with E-state index in [9.17, 15) is 23.4 Å². The summed E-state index contributed by atoms with van der Waals surface area (Å²) in [6.07, 6.45) is -1.37. The molecule has 1 aliphatic rings. The van der Waals surface area contributed by atoms with Crippen molar-refractivity contribution in [2.24, 2.45) is 0 Å². The highest BCUT2D eigenvalue weighted by molar-refractivity contribution is 5.97. The summed E-state index contributed by atoms with van der Waals surface area (Å²) in [5.41, 5.74) is -1.49. The molecular formula is C18H16F3N5O2. The van der Waals surface area contributed by atoms with Crippen molar-refractivity contribution in [3.05, 3.63) is 36.2 Å². The van der Waals surface area contributed by atoms with Crippen molar-refractivity contribution < 1.29 is 23.4 Å². The molecule has 0 atom stereocenters. The van der Waals surface area contributed by atoms with Gasteiger partial charge in [-0.2, -0.15) is 13.2 Å². The molecule has 1 fully saturated rings. The zero-order valence-electron chi connectivity index (χ0n) is 14.7. The average molecular weight is 391 g/mol. The van der Waals surface area contributed by atoms with Gasteiger partial charge in [-0.25, -0.2) is 4.98 Å². The number of aliphatic hydroxyl groups is 1. The molecule has 0 aromatic carbocycles. The van der Waals surface area contributed by atoms with E-state index in [0.717, 1.165) is 0 Å². The smallest absolute Gasteiger partial charge is 0.418 e. The maximum absolute atomic E-state index is 12.8. The summed E-state index contributed by atoms with van der Waals surface area (Å²) in [6, 6.07) is 4.05. The van der Waals surface area contributed by atoms with Gasteiger partial charge in [-0.15, -0.1) is 10.2 Å². The van der Waals surface area contributed by atoms with Crippen molar-refractivity contribution in [1.29, 1.82) is 0 Å². The van der Waals surface area contributed by atoms with Gasteiger partial charge in [0.25, 0.3) is 0 Å². The number of aromatic nitrogens is 4. The predicted octanol–water partition coefficient (Wildman–Crippen LogP) is 3.14. The van der Waals surface area contributed by atoms with Gasteiger partial charge in [0, 0.05) is 23.8 Å². The van der Waals surface area contributed by atoms with Gasteiger partial charge in [0.15, 0.2) is 5.82 Å². The first-order valence-corrected chi connectivity index (χ1v) is 8.51. The van der Waals surface area contributed by atoms with E-state index in [1.165, 1.54) is 6.20 Å². The number of hydrogen-bond donors (Lipinski definition) is 3. The molecule has 3 heterocycles. The average Bonchev–Trinajstić information content (AvgIpc) is 2.60. The van der Waals surface area contributed by atoms with E-state index in [4.69, 9.17) is 0 Å². The van der Waals surface area contributed by atoms with Crippen LogP contribution in [0.2, 0.25) is 0 Å². The Balaban J connectivity index is 1.74. The monoisotopic (exact) mass is 391 g/mol. The van der Waals surface area contributed by atoms with Crippen LogP contribution in [0.1, 0.15) is 25.3 Å². The fraction of sp³-hybridized carbons (Fsp3) is 0.333. The number of nitrogens with zero attached hydrogens (tertiary/aromatic N) is 4. The Morgan fingerprint density at radius 1 is 1.18 bits per heavy atom. The molecule has 3 aromatic heterocycles. The number of pyridine rings is 2. The zero-order chi connectivity index (χ0) is 20.1. The summed E-state index contributed by atoms with van der Waals surface area (Å²) in [7, 11) is 0. The van der Waals surface area contributed by atoms with Crippen molar-refractivity contribution in [2.75, 3.05) is 5.32 Å². The number of anilines is 1. The first-order chi connectivity index (χ1) is 13.1. The molecule has 0 aliphatic heterocycles. The predicted molar refractivity (Wildman–Crippen MR) is 94.5 cm³/mol. The molecule has 0 radical (unpaired) electrons. The van der Waals surface area contributed by atoms with Crippen LogP contribution < -0.4 is 5.32 Å². The summed E-state index contributed by atoms with van der Waals surface area (Å²) >= 11 is 0. The standard InChI is InChI=1S/C18H16F3N5O2/c1-17(28)6-10(7-17)24-16-11-3-2-4-22-13(11)15(25-26-16)14-12(27)5-9(8-23-14)18(19,20)21/h2-5,8,10,27-28H,6-7H2,1H3,(H,24,26). The van der Waals surface area contributed by atoms with Crippen LogP contribution in [0.15, 0.2) is 30.6 Å². The summed E-state index contributed by atoms with van der Waals surface area (Å²) in [6.45, 7) is 1.75. The van der Waals surface area contributed by atoms with Crippen LogP contribution >= 0.6 is 0 Å². The summed E-state index contributed by atoms with van der Waals surface area (Å²) in [5, 5.41) is 31.9. The number of halogens is 3. The molecule has 10 heteroatoms. The first-order valence-electron chi connectivity index (χ1n) is 8.51. The van der Waals surface area contributed by atoms with Crippen LogP contribution in [-0.2, 0) is 6.18 Å². The minimum atomic E-state index is -4.62. The second kappa shape index (κ2) is 6.26. The molecule has 0 saturated heterocycles. The van der Waals surface area contributed by atoms with E-state index in [1.807, 2.05) is 0 Å². The third kappa shape index (κ3) is 3.31. The Morgan fingerprint density at radius 2 is 1.93 bits per heavy atom. The lowest BCUT2D eigenvalue weighted by Crippen LogP contribution is -2.48. The fourth-order valence-corrected chi connectivity index (χ4v) is 3.34. The van der Waals surface area contributed by atoms with Crippen molar-refractivity contribution in [3.63, 3.8) is 0 Å². The fourth-order valence-electron chi connectivity index (χ4n) is 3.34. The molecule has 3 aromatic rings. The van der Waals surface area contributed by atoms with Gasteiger partial charge in [-0.3, -0.25) is 4.98 Å². The van der Waals surface area contributed by atoms with Crippen LogP contribution in [0.25, 0.3) is 22.3 Å². The van der Waals surface area contributed by atoms with Crippen molar-refractivity contribution in [3.8, 4) is 17.1 Å². The lowest BCUT2D eigenvalue weighted by atomic mass is 9.77. The Hall–Kier alpha value is -3.01. The van der Waals surface area contributed by atoms with Crippen LogP contribution in [-0.4, -0.2) is 42.0 Å². The second-order valence-corrected chi connectivity index (χ2v) is 7.13. The van der Waals surface area contributed by atoms with Crippen molar-refractivity contribution in [2.45, 2.75) is 37.6 Å². The molecule has 0 unspecified atom stereocenters. The third-order valence-corrected chi connectivity index (χ3v) is 4.67. The maximum atomic E-state index is 12.8. The number of rotatable bonds is 3. The molecule has 28 heavy (non-hydrogen) atoms. The van der Waals surface area contributed by atoms with Gasteiger partial charge in [0.1, 0.15) is 22.7 Å². The summed E-state index contributed by atoms with van der Waals surface area (Å²) < 4.78 is 38.4. The third-order valence-electron chi connectivity index (χ3n) is 4.67. The second-order valence-electron chi connectivity index (χ2n) is 7.13. The Bertz CT molecular complexity index is 1050. The van der Waals surface area contributed by atoms with Gasteiger partial charge < -0.3 is 15.5 Å². The lowest BCUT2D eigenvalue weighted by molar-refractivity contribution is -0.137. The highest BCUT2D eigenvalue weighted by Gasteiger charge is 2.39. The van der Waals surface area contributed by atoms with E-state index in [1.54, 1.807) is 19.1 Å². The summed E-state index contributed by atoms with van der Waals surface area (Å²) in [4.78, 5) is 7.98. The summed E-state index contributed by atoms with van der Waals surface area (Å²) in [5.74, 6) is -0.217. The highest BCUT2D eigenvalue weighted by atomic mass is 19.4. The zero-order valence-corrected chi connectivity index (χ0v) is 14.7. The maximum Gasteiger partial charge on any atom is 0.418 e. The highest BCUT2D eigenvalue weighted by Crippen LogP contribution is 2.38. The molecule has 0 amide bonds. The van der Waals surface area contributed by atoms with Gasteiger partial charge in [-0.1, -0.05) is 0 Å². The van der Waals surface area contributed by atoms with Gasteiger partial charge in [-0.05, 0) is 38.0 Å². The number of aromatic hydroxyl groups is 1. The molecule has 4 rings (SSSR count).